The summed E-state index contributed by atoms with van der Waals surface area (Å²) in [6, 6.07) is 11.2. The fourth-order valence-electron chi connectivity index (χ4n) is 3.71. The van der Waals surface area contributed by atoms with Crippen LogP contribution in [0.5, 0.6) is 11.5 Å². The molecule has 3 atom stereocenters. The Morgan fingerprint density at radius 3 is 2.52 bits per heavy atom. The van der Waals surface area contributed by atoms with Crippen molar-refractivity contribution in [3.63, 3.8) is 0 Å². The number of aliphatic hydroxyl groups is 1. The molecule has 1 aliphatic heterocycles. The molecule has 2 aromatic rings. The number of benzene rings is 2. The van der Waals surface area contributed by atoms with Gasteiger partial charge in [-0.15, -0.1) is 0 Å². The molecule has 0 saturated heterocycles. The van der Waals surface area contributed by atoms with Crippen LogP contribution in [0.4, 0.5) is 16.2 Å². The van der Waals surface area contributed by atoms with E-state index in [2.05, 4.69) is 16.0 Å². The molecule has 0 radical (unpaired) electrons. The number of anilines is 2. The maximum atomic E-state index is 13.4. The van der Waals surface area contributed by atoms with Crippen LogP contribution in [-0.2, 0) is 0 Å². The predicted octanol–water partition coefficient (Wildman–Crippen LogP) is 2.78. The van der Waals surface area contributed by atoms with Crippen LogP contribution >= 0.6 is 0 Å². The van der Waals surface area contributed by atoms with E-state index in [-0.39, 0.29) is 30.6 Å². The van der Waals surface area contributed by atoms with Crippen LogP contribution in [0.2, 0.25) is 0 Å². The molecule has 0 bridgehead atoms. The molecule has 0 aromatic heterocycles. The van der Waals surface area contributed by atoms with Crippen molar-refractivity contribution in [1.29, 1.82) is 0 Å². The number of methoxy groups -OCH3 is 1. The van der Waals surface area contributed by atoms with Crippen molar-refractivity contribution in [3.8, 4) is 11.5 Å². The Kier molecular flexibility index (Phi) is 8.13. The Morgan fingerprint density at radius 2 is 1.88 bits per heavy atom. The molecule has 3 amide bonds. The molecule has 4 N–H and O–H groups in total. The third-order valence-electron chi connectivity index (χ3n) is 5.68. The van der Waals surface area contributed by atoms with Gasteiger partial charge in [-0.3, -0.25) is 4.79 Å². The molecular formula is C24H32N4O5. The van der Waals surface area contributed by atoms with Crippen molar-refractivity contribution >= 4 is 23.3 Å². The largest absolute Gasteiger partial charge is 0.497 e. The summed E-state index contributed by atoms with van der Waals surface area (Å²) < 4.78 is 11.3. The summed E-state index contributed by atoms with van der Waals surface area (Å²) in [5, 5.41) is 18.3. The Hall–Kier alpha value is -3.30. The van der Waals surface area contributed by atoms with Crippen molar-refractivity contribution in [3.05, 3.63) is 48.0 Å². The number of hydrogen-bond acceptors (Lipinski definition) is 6. The van der Waals surface area contributed by atoms with Crippen LogP contribution in [0.15, 0.2) is 42.5 Å². The first-order chi connectivity index (χ1) is 15.9. The summed E-state index contributed by atoms with van der Waals surface area (Å²) in [5.41, 5.74) is 1.39. The average molecular weight is 457 g/mol. The summed E-state index contributed by atoms with van der Waals surface area (Å²) in [5.74, 6) is 0.939. The number of nitrogens with zero attached hydrogens (tertiary/aromatic N) is 1. The minimum absolute atomic E-state index is 0.0524. The van der Waals surface area contributed by atoms with Gasteiger partial charge in [-0.2, -0.15) is 0 Å². The van der Waals surface area contributed by atoms with E-state index in [1.165, 1.54) is 0 Å². The summed E-state index contributed by atoms with van der Waals surface area (Å²) in [6.45, 7) is 4.75. The van der Waals surface area contributed by atoms with E-state index in [0.717, 1.165) is 0 Å². The highest BCUT2D eigenvalue weighted by molar-refractivity contribution is 6.02. The molecule has 33 heavy (non-hydrogen) atoms. The molecule has 1 aliphatic rings. The fraction of sp³-hybridized carbons (Fsp3) is 0.417. The van der Waals surface area contributed by atoms with Gasteiger partial charge < -0.3 is 35.4 Å². The number of fused-ring (bicyclic) bond motifs is 1. The van der Waals surface area contributed by atoms with Gasteiger partial charge in [0.2, 0.25) is 0 Å². The highest BCUT2D eigenvalue weighted by Gasteiger charge is 2.32. The van der Waals surface area contributed by atoms with Crippen LogP contribution in [-0.4, -0.2) is 67.9 Å². The van der Waals surface area contributed by atoms with Crippen LogP contribution in [0, 0.1) is 5.92 Å². The molecule has 0 aliphatic carbocycles. The Balaban J connectivity index is 1.84. The first kappa shape index (κ1) is 24.3. The second kappa shape index (κ2) is 11.0. The fourth-order valence-corrected chi connectivity index (χ4v) is 3.71. The Bertz CT molecular complexity index is 966. The normalized spacial score (nSPS) is 18.9. The van der Waals surface area contributed by atoms with Crippen molar-refractivity contribution in [2.24, 2.45) is 5.92 Å². The van der Waals surface area contributed by atoms with Crippen molar-refractivity contribution in [1.82, 2.24) is 10.2 Å². The number of carbonyl (C=O) groups excluding carboxylic acids is 2. The second-order valence-corrected chi connectivity index (χ2v) is 8.20. The summed E-state index contributed by atoms with van der Waals surface area (Å²) in [7, 11) is 3.42. The lowest BCUT2D eigenvalue weighted by molar-refractivity contribution is 0.0416. The lowest BCUT2D eigenvalue weighted by atomic mass is 9.99. The lowest BCUT2D eigenvalue weighted by Crippen LogP contribution is -2.49. The number of aliphatic hydroxyl groups excluding tert-OH is 1. The first-order valence-corrected chi connectivity index (χ1v) is 11.0. The molecule has 3 rings (SSSR count). The van der Waals surface area contributed by atoms with Gasteiger partial charge in [0, 0.05) is 30.4 Å². The van der Waals surface area contributed by atoms with Crippen molar-refractivity contribution < 1.29 is 24.2 Å². The van der Waals surface area contributed by atoms with E-state index >= 15 is 0 Å². The van der Waals surface area contributed by atoms with Gasteiger partial charge in [-0.05, 0) is 56.4 Å². The zero-order valence-electron chi connectivity index (χ0n) is 19.4. The summed E-state index contributed by atoms with van der Waals surface area (Å²) in [4.78, 5) is 27.5. The zero-order valence-corrected chi connectivity index (χ0v) is 19.4. The molecule has 9 heteroatoms. The van der Waals surface area contributed by atoms with E-state index in [1.807, 2.05) is 20.9 Å². The smallest absolute Gasteiger partial charge is 0.323 e. The third-order valence-corrected chi connectivity index (χ3v) is 5.68. The predicted molar refractivity (Wildman–Crippen MR) is 127 cm³/mol. The van der Waals surface area contributed by atoms with E-state index < -0.39 is 6.03 Å². The first-order valence-electron chi connectivity index (χ1n) is 11.0. The number of carbonyl (C=O) groups is 2. The van der Waals surface area contributed by atoms with E-state index in [9.17, 15) is 14.7 Å². The number of likely N-dealkylation sites (N-methyl/N-ethyl adjacent to an activating group) is 1. The van der Waals surface area contributed by atoms with E-state index in [4.69, 9.17) is 9.47 Å². The number of urea groups is 1. The highest BCUT2D eigenvalue weighted by atomic mass is 16.5. The molecular weight excluding hydrogens is 424 g/mol. The van der Waals surface area contributed by atoms with Crippen LogP contribution < -0.4 is 25.4 Å². The van der Waals surface area contributed by atoms with Crippen LogP contribution in [0.3, 0.4) is 0 Å². The number of hydrogen-bond donors (Lipinski definition) is 4. The second-order valence-electron chi connectivity index (χ2n) is 8.20. The quantitative estimate of drug-likeness (QED) is 0.510. The van der Waals surface area contributed by atoms with Gasteiger partial charge in [-0.25, -0.2) is 4.79 Å². The summed E-state index contributed by atoms with van der Waals surface area (Å²) in [6.07, 6.45) is -0.160. The minimum Gasteiger partial charge on any atom is -0.497 e. The van der Waals surface area contributed by atoms with Crippen molar-refractivity contribution in [2.75, 3.05) is 44.5 Å². The minimum atomic E-state index is -0.443. The maximum absolute atomic E-state index is 13.4. The molecule has 0 fully saturated rings. The summed E-state index contributed by atoms with van der Waals surface area (Å²) >= 11 is 0. The molecule has 0 unspecified atom stereocenters. The molecule has 1 heterocycles. The van der Waals surface area contributed by atoms with Gasteiger partial charge in [0.05, 0.1) is 25.3 Å². The van der Waals surface area contributed by atoms with Gasteiger partial charge in [0.1, 0.15) is 17.6 Å². The highest BCUT2D eigenvalue weighted by Crippen LogP contribution is 2.30. The standard InChI is InChI=1S/C24H32N4O5/c1-15-13-28(16(2)14-29)23(30)20-11-18(7-10-21(20)33-22(15)12-25-3)27-24(31)26-17-5-8-19(32-4)9-6-17/h5-11,15-16,22,25,29H,12-14H2,1-4H3,(H2,26,27,31)/t15-,16-,22-/m0/s1. The maximum Gasteiger partial charge on any atom is 0.323 e. The molecule has 0 saturated carbocycles. The Morgan fingerprint density at radius 1 is 1.21 bits per heavy atom. The van der Waals surface area contributed by atoms with Crippen molar-refractivity contribution in [2.45, 2.75) is 26.0 Å². The average Bonchev–Trinajstić information content (AvgIpc) is 2.81. The number of nitrogens with one attached hydrogen (secondary N) is 3. The number of amides is 3. The molecule has 9 nitrogen and oxygen atoms in total. The Labute approximate surface area is 194 Å². The van der Waals surface area contributed by atoms with Gasteiger partial charge in [0.15, 0.2) is 0 Å². The molecule has 2 aromatic carbocycles. The van der Waals surface area contributed by atoms with Gasteiger partial charge in [-0.1, -0.05) is 6.92 Å². The van der Waals surface area contributed by atoms with E-state index in [0.29, 0.717) is 41.5 Å². The number of rotatable bonds is 7. The monoisotopic (exact) mass is 456 g/mol. The number of ether oxygens (including phenoxy) is 2. The van der Waals surface area contributed by atoms with Gasteiger partial charge >= 0.3 is 6.03 Å². The van der Waals surface area contributed by atoms with Crippen LogP contribution in [0.25, 0.3) is 0 Å². The topological polar surface area (TPSA) is 112 Å². The third kappa shape index (κ3) is 5.94. The van der Waals surface area contributed by atoms with E-state index in [1.54, 1.807) is 54.5 Å². The van der Waals surface area contributed by atoms with Crippen LogP contribution in [0.1, 0.15) is 24.2 Å². The lowest BCUT2D eigenvalue weighted by Gasteiger charge is -2.37. The SMILES string of the molecule is CNC[C@@H]1Oc2ccc(NC(=O)Nc3ccc(OC)cc3)cc2C(=O)N([C@@H](C)CO)C[C@@H]1C. The molecule has 178 valence electrons. The van der Waals surface area contributed by atoms with Gasteiger partial charge in [0.25, 0.3) is 5.91 Å². The molecule has 0 spiro atoms. The zero-order chi connectivity index (χ0) is 24.0.